The van der Waals surface area contributed by atoms with Crippen molar-refractivity contribution in [2.45, 2.75) is 362 Å². The summed E-state index contributed by atoms with van der Waals surface area (Å²) in [6.07, 6.45) is 81.3. The molecule has 0 spiro atoms. The van der Waals surface area contributed by atoms with E-state index in [2.05, 4.69) is 101 Å². The number of unbranched alkanes of at least 4 members (excludes halogenated alkanes) is 46. The van der Waals surface area contributed by atoms with Gasteiger partial charge in [0.15, 0.2) is 0 Å². The Balaban J connectivity index is 1.64. The monoisotopic (exact) mass is 1050 g/mol. The molecule has 0 aliphatic rings. The highest BCUT2D eigenvalue weighted by Crippen LogP contribution is 2.23. The number of benzene rings is 2. The van der Waals surface area contributed by atoms with Crippen molar-refractivity contribution in [3.63, 3.8) is 0 Å². The fraction of sp³-hybridized carbons (Fsp3) is 0.757. The molecule has 0 aliphatic heterocycles. The van der Waals surface area contributed by atoms with E-state index in [9.17, 15) is 0 Å². The fourth-order valence-electron chi connectivity index (χ4n) is 11.1. The molecule has 0 amide bonds. The Morgan fingerprint density at radius 2 is 0.461 bits per heavy atom. The standard InChI is InChI=1S/C74H128N2/c1-5-9-13-16-18-20-22-24-26-28-30-32-34-36-38-40-42-44-46-48-50-52-54-57-69-61-65-71(66-62-69)75-73(59-12-8-4)74(60-56-15-11-7-3)76-72-67-63-70(64-68-72)58-55-53-51-49-47-45-43-41-39-37-35-33-31-29-27-25-23-21-19-17-14-10-6-2/h54-55,57-58,61-68H,5-53,56,59-60H2,1-4H3. The van der Waals surface area contributed by atoms with E-state index in [1.807, 2.05) is 0 Å². The molecule has 76 heavy (non-hydrogen) atoms. The molecule has 0 aromatic heterocycles. The SMILES string of the molecule is CCCCCCCCCCCCCCCCCCCCCCCC=Cc1ccc(N=C(CCCC)C(CCCCCC)=Nc2ccc(C=CCCCCCCCCCCCCCCCCCCCCCCC)cc2)cc1. The van der Waals surface area contributed by atoms with Gasteiger partial charge in [0.25, 0.3) is 0 Å². The van der Waals surface area contributed by atoms with Crippen LogP contribution in [0.1, 0.15) is 373 Å². The van der Waals surface area contributed by atoms with Crippen molar-refractivity contribution in [1.82, 2.24) is 0 Å². The molecular formula is C74H128N2. The second kappa shape index (κ2) is 55.6. The Morgan fingerprint density at radius 3 is 0.711 bits per heavy atom. The maximum absolute atomic E-state index is 5.33. The number of allylic oxidation sites excluding steroid dienone is 2. The quantitative estimate of drug-likeness (QED) is 0.0466. The first-order valence-electron chi connectivity index (χ1n) is 34.4. The lowest BCUT2D eigenvalue weighted by molar-refractivity contribution is 0.520. The van der Waals surface area contributed by atoms with Crippen LogP contribution in [-0.2, 0) is 0 Å². The van der Waals surface area contributed by atoms with Gasteiger partial charge in [0.05, 0.1) is 22.8 Å². The molecule has 2 rings (SSSR count). The molecule has 0 N–H and O–H groups in total. The summed E-state index contributed by atoms with van der Waals surface area (Å²) in [5.41, 5.74) is 6.99. The van der Waals surface area contributed by atoms with E-state index in [4.69, 9.17) is 9.98 Å². The predicted octanol–water partition coefficient (Wildman–Crippen LogP) is 26.9. The summed E-state index contributed by atoms with van der Waals surface area (Å²) in [5, 5.41) is 0. The van der Waals surface area contributed by atoms with Crippen molar-refractivity contribution in [2.24, 2.45) is 9.98 Å². The van der Waals surface area contributed by atoms with E-state index >= 15 is 0 Å². The van der Waals surface area contributed by atoms with Gasteiger partial charge < -0.3 is 0 Å². The number of aliphatic imine (C=N–C) groups is 2. The average molecular weight is 1050 g/mol. The predicted molar refractivity (Wildman–Crippen MR) is 348 cm³/mol. The van der Waals surface area contributed by atoms with Crippen molar-refractivity contribution in [3.8, 4) is 0 Å². The highest BCUT2D eigenvalue weighted by atomic mass is 14.8. The third-order valence-corrected chi connectivity index (χ3v) is 16.3. The van der Waals surface area contributed by atoms with Crippen LogP contribution >= 0.6 is 0 Å². The second-order valence-electron chi connectivity index (χ2n) is 23.7. The Kier molecular flexibility index (Phi) is 50.7. The minimum absolute atomic E-state index is 0.977. The van der Waals surface area contributed by atoms with Crippen LogP contribution in [0, 0.1) is 0 Å². The smallest absolute Gasteiger partial charge is 0.0634 e. The van der Waals surface area contributed by atoms with Crippen LogP contribution in [0.15, 0.2) is 70.7 Å². The Labute approximate surface area is 476 Å². The third kappa shape index (κ3) is 44.2. The van der Waals surface area contributed by atoms with Crippen LogP contribution in [0.4, 0.5) is 11.4 Å². The van der Waals surface area contributed by atoms with Gasteiger partial charge in [0.2, 0.25) is 0 Å². The molecule has 0 bridgehead atoms. The van der Waals surface area contributed by atoms with Crippen LogP contribution in [0.3, 0.4) is 0 Å². The van der Waals surface area contributed by atoms with Crippen LogP contribution in [0.25, 0.3) is 12.2 Å². The van der Waals surface area contributed by atoms with E-state index in [1.54, 1.807) is 0 Å². The maximum atomic E-state index is 5.33. The first kappa shape index (κ1) is 69.4. The minimum atomic E-state index is 0.977. The van der Waals surface area contributed by atoms with Crippen molar-refractivity contribution in [2.75, 3.05) is 0 Å². The summed E-state index contributed by atoms with van der Waals surface area (Å²) in [7, 11) is 0. The number of rotatable bonds is 57. The fourth-order valence-corrected chi connectivity index (χ4v) is 11.1. The first-order valence-corrected chi connectivity index (χ1v) is 34.4. The highest BCUT2D eigenvalue weighted by molar-refractivity contribution is 6.43. The van der Waals surface area contributed by atoms with Gasteiger partial charge >= 0.3 is 0 Å². The van der Waals surface area contributed by atoms with Crippen LogP contribution in [-0.4, -0.2) is 11.4 Å². The molecule has 2 heteroatoms. The minimum Gasteiger partial charge on any atom is -0.252 e. The van der Waals surface area contributed by atoms with Crippen molar-refractivity contribution in [3.05, 3.63) is 71.8 Å². The van der Waals surface area contributed by atoms with E-state index in [1.165, 1.54) is 331 Å². The maximum Gasteiger partial charge on any atom is 0.0634 e. The van der Waals surface area contributed by atoms with E-state index in [0.29, 0.717) is 0 Å². The lowest BCUT2D eigenvalue weighted by atomic mass is 10.0. The van der Waals surface area contributed by atoms with Gasteiger partial charge in [-0.15, -0.1) is 0 Å². The van der Waals surface area contributed by atoms with Crippen LogP contribution < -0.4 is 0 Å². The Morgan fingerprint density at radius 1 is 0.250 bits per heavy atom. The zero-order valence-corrected chi connectivity index (χ0v) is 51.6. The molecule has 2 aromatic rings. The number of nitrogens with zero attached hydrogens (tertiary/aromatic N) is 2. The molecule has 0 heterocycles. The first-order chi connectivity index (χ1) is 37.7. The molecule has 2 aromatic carbocycles. The molecule has 0 saturated heterocycles. The summed E-state index contributed by atoms with van der Waals surface area (Å²) in [4.78, 5) is 10.6. The number of hydrogen-bond acceptors (Lipinski definition) is 2. The van der Waals surface area contributed by atoms with E-state index in [0.717, 1.165) is 37.1 Å². The van der Waals surface area contributed by atoms with E-state index in [-0.39, 0.29) is 0 Å². The van der Waals surface area contributed by atoms with Gasteiger partial charge in [-0.25, -0.2) is 0 Å². The van der Waals surface area contributed by atoms with Gasteiger partial charge in [0, 0.05) is 0 Å². The van der Waals surface area contributed by atoms with Gasteiger partial charge in [-0.2, -0.15) is 0 Å². The number of hydrogen-bond donors (Lipinski definition) is 0. The average Bonchev–Trinajstić information content (AvgIpc) is 3.44. The summed E-state index contributed by atoms with van der Waals surface area (Å²) < 4.78 is 0. The normalized spacial score (nSPS) is 12.4. The van der Waals surface area contributed by atoms with Crippen molar-refractivity contribution >= 4 is 35.0 Å². The van der Waals surface area contributed by atoms with Gasteiger partial charge in [-0.3, -0.25) is 9.98 Å². The van der Waals surface area contributed by atoms with Gasteiger partial charge in [-0.05, 0) is 86.8 Å². The molecule has 0 fully saturated rings. The molecule has 0 saturated carbocycles. The summed E-state index contributed by atoms with van der Waals surface area (Å²) in [6.45, 7) is 9.20. The van der Waals surface area contributed by atoms with Crippen molar-refractivity contribution < 1.29 is 0 Å². The zero-order chi connectivity index (χ0) is 54.1. The Bertz CT molecular complexity index is 1610. The molecular weight excluding hydrogens is 917 g/mol. The molecule has 2 nitrogen and oxygen atoms in total. The summed E-state index contributed by atoms with van der Waals surface area (Å²) in [5.74, 6) is 0. The highest BCUT2D eigenvalue weighted by Gasteiger charge is 2.11. The van der Waals surface area contributed by atoms with Crippen molar-refractivity contribution in [1.29, 1.82) is 0 Å². The summed E-state index contributed by atoms with van der Waals surface area (Å²) >= 11 is 0. The third-order valence-electron chi connectivity index (χ3n) is 16.3. The summed E-state index contributed by atoms with van der Waals surface area (Å²) in [6, 6.07) is 17.8. The zero-order valence-electron chi connectivity index (χ0n) is 51.6. The Hall–Kier alpha value is -2.74. The van der Waals surface area contributed by atoms with E-state index < -0.39 is 0 Å². The topological polar surface area (TPSA) is 24.7 Å². The van der Waals surface area contributed by atoms with Crippen LogP contribution in [0.5, 0.6) is 0 Å². The van der Waals surface area contributed by atoms with Gasteiger partial charge in [-0.1, -0.05) is 359 Å². The molecule has 0 atom stereocenters. The lowest BCUT2D eigenvalue weighted by Crippen LogP contribution is -2.14. The molecule has 0 aliphatic carbocycles. The second-order valence-corrected chi connectivity index (χ2v) is 23.7. The van der Waals surface area contributed by atoms with Gasteiger partial charge in [0.1, 0.15) is 0 Å². The lowest BCUT2D eigenvalue weighted by Gasteiger charge is -2.12. The molecule has 434 valence electrons. The largest absolute Gasteiger partial charge is 0.252 e. The molecule has 0 unspecified atom stereocenters. The molecule has 0 radical (unpaired) electrons. The van der Waals surface area contributed by atoms with Crippen LogP contribution in [0.2, 0.25) is 0 Å².